The Morgan fingerprint density at radius 2 is 1.87 bits per heavy atom. The van der Waals surface area contributed by atoms with Gasteiger partial charge >= 0.3 is 5.97 Å². The van der Waals surface area contributed by atoms with E-state index in [4.69, 9.17) is 5.11 Å². The fourth-order valence-corrected chi connectivity index (χ4v) is 1.34. The van der Waals surface area contributed by atoms with Crippen molar-refractivity contribution >= 4 is 11.9 Å². The zero-order valence-electron chi connectivity index (χ0n) is 9.99. The smallest absolute Gasteiger partial charge is 0.326 e. The van der Waals surface area contributed by atoms with E-state index in [1.54, 1.807) is 7.05 Å². The third-order valence-electron chi connectivity index (χ3n) is 2.70. The predicted octanol–water partition coefficient (Wildman–Crippen LogP) is 1.74. The van der Waals surface area contributed by atoms with E-state index in [0.29, 0.717) is 0 Å². The lowest BCUT2D eigenvalue weighted by Gasteiger charge is -2.24. The monoisotopic (exact) mass is 215 g/mol. The van der Waals surface area contributed by atoms with E-state index in [-0.39, 0.29) is 11.8 Å². The number of carbonyl (C=O) groups is 2. The topological polar surface area (TPSA) is 57.6 Å². The second kappa shape index (κ2) is 6.43. The maximum absolute atomic E-state index is 11.8. The van der Waals surface area contributed by atoms with Crippen LogP contribution in [0.15, 0.2) is 0 Å². The van der Waals surface area contributed by atoms with Crippen molar-refractivity contribution in [2.75, 3.05) is 7.05 Å². The summed E-state index contributed by atoms with van der Waals surface area (Å²) < 4.78 is 0. The molecule has 0 saturated heterocycles. The van der Waals surface area contributed by atoms with E-state index in [1.807, 2.05) is 6.92 Å². The van der Waals surface area contributed by atoms with Crippen LogP contribution in [0.1, 0.15) is 40.0 Å². The highest BCUT2D eigenvalue weighted by atomic mass is 16.4. The van der Waals surface area contributed by atoms with Gasteiger partial charge in [0.1, 0.15) is 6.04 Å². The molecule has 0 aliphatic rings. The molecule has 2 unspecified atom stereocenters. The van der Waals surface area contributed by atoms with Gasteiger partial charge in [0.15, 0.2) is 0 Å². The number of hydrogen-bond donors (Lipinski definition) is 1. The highest BCUT2D eigenvalue weighted by Gasteiger charge is 2.24. The van der Waals surface area contributed by atoms with Gasteiger partial charge in [0, 0.05) is 13.0 Å². The Morgan fingerprint density at radius 1 is 1.33 bits per heavy atom. The van der Waals surface area contributed by atoms with Crippen LogP contribution in [0.25, 0.3) is 0 Å². The number of likely N-dealkylation sites (N-methyl/N-ethyl adjacent to an activating group) is 1. The molecule has 4 nitrogen and oxygen atoms in total. The predicted molar refractivity (Wildman–Crippen MR) is 58.6 cm³/mol. The first-order valence-electron chi connectivity index (χ1n) is 5.41. The maximum atomic E-state index is 11.8. The molecule has 0 bridgehead atoms. The van der Waals surface area contributed by atoms with Gasteiger partial charge in [-0.1, -0.05) is 26.7 Å². The minimum Gasteiger partial charge on any atom is -0.480 e. The van der Waals surface area contributed by atoms with Crippen LogP contribution < -0.4 is 0 Å². The minimum absolute atomic E-state index is 0.0849. The summed E-state index contributed by atoms with van der Waals surface area (Å²) in [7, 11) is 1.55. The zero-order chi connectivity index (χ0) is 12.0. The molecule has 0 aromatic carbocycles. The van der Waals surface area contributed by atoms with E-state index in [0.717, 1.165) is 19.3 Å². The summed E-state index contributed by atoms with van der Waals surface area (Å²) >= 11 is 0. The summed E-state index contributed by atoms with van der Waals surface area (Å²) in [5, 5.41) is 8.77. The molecular weight excluding hydrogens is 194 g/mol. The molecule has 0 rings (SSSR count). The molecule has 1 amide bonds. The second-order valence-corrected chi connectivity index (χ2v) is 4.01. The quantitative estimate of drug-likeness (QED) is 0.734. The van der Waals surface area contributed by atoms with Crippen LogP contribution in [0.2, 0.25) is 0 Å². The molecule has 0 heterocycles. The Balaban J connectivity index is 4.24. The molecule has 0 spiro atoms. The van der Waals surface area contributed by atoms with Gasteiger partial charge in [0.2, 0.25) is 5.91 Å². The Kier molecular flexibility index (Phi) is 5.97. The van der Waals surface area contributed by atoms with Crippen LogP contribution in [-0.4, -0.2) is 35.0 Å². The fourth-order valence-electron chi connectivity index (χ4n) is 1.34. The van der Waals surface area contributed by atoms with E-state index in [9.17, 15) is 9.59 Å². The maximum Gasteiger partial charge on any atom is 0.326 e. The number of carbonyl (C=O) groups excluding carboxylic acids is 1. The van der Waals surface area contributed by atoms with E-state index in [1.165, 1.54) is 11.8 Å². The summed E-state index contributed by atoms with van der Waals surface area (Å²) in [4.78, 5) is 23.8. The van der Waals surface area contributed by atoms with Crippen molar-refractivity contribution in [2.45, 2.75) is 46.1 Å². The highest BCUT2D eigenvalue weighted by Crippen LogP contribution is 2.12. The fraction of sp³-hybridized carbons (Fsp3) is 0.818. The van der Waals surface area contributed by atoms with Crippen molar-refractivity contribution in [2.24, 2.45) is 5.92 Å². The van der Waals surface area contributed by atoms with Crippen molar-refractivity contribution < 1.29 is 14.7 Å². The normalized spacial score (nSPS) is 14.4. The molecule has 4 heteroatoms. The number of amides is 1. The summed E-state index contributed by atoms with van der Waals surface area (Å²) in [5.74, 6) is -1.14. The number of unbranched alkanes of at least 4 members (excludes halogenated alkanes) is 1. The van der Waals surface area contributed by atoms with Crippen molar-refractivity contribution in [3.63, 3.8) is 0 Å². The van der Waals surface area contributed by atoms with Gasteiger partial charge in [-0.15, -0.1) is 0 Å². The summed E-state index contributed by atoms with van der Waals surface area (Å²) in [6, 6.07) is -0.749. The molecule has 0 aromatic heterocycles. The van der Waals surface area contributed by atoms with E-state index < -0.39 is 12.0 Å². The molecule has 15 heavy (non-hydrogen) atoms. The molecule has 0 saturated carbocycles. The lowest BCUT2D eigenvalue weighted by molar-refractivity contribution is -0.149. The van der Waals surface area contributed by atoms with Gasteiger partial charge in [-0.05, 0) is 13.3 Å². The molecule has 2 atom stereocenters. The van der Waals surface area contributed by atoms with Crippen LogP contribution >= 0.6 is 0 Å². The van der Waals surface area contributed by atoms with E-state index >= 15 is 0 Å². The zero-order valence-corrected chi connectivity index (χ0v) is 9.99. The molecule has 0 radical (unpaired) electrons. The van der Waals surface area contributed by atoms with Crippen LogP contribution in [0.5, 0.6) is 0 Å². The third-order valence-corrected chi connectivity index (χ3v) is 2.70. The number of rotatable bonds is 6. The van der Waals surface area contributed by atoms with Gasteiger partial charge in [-0.2, -0.15) is 0 Å². The number of hydrogen-bond acceptors (Lipinski definition) is 2. The summed E-state index contributed by atoms with van der Waals surface area (Å²) in [6.07, 6.45) is 2.88. The lowest BCUT2D eigenvalue weighted by atomic mass is 10.0. The summed E-state index contributed by atoms with van der Waals surface area (Å²) in [5.41, 5.74) is 0. The third kappa shape index (κ3) is 4.32. The number of nitrogens with zero attached hydrogens (tertiary/aromatic N) is 1. The average molecular weight is 215 g/mol. The Morgan fingerprint density at radius 3 is 2.27 bits per heavy atom. The molecule has 0 aromatic rings. The number of carboxylic acids is 1. The van der Waals surface area contributed by atoms with Crippen molar-refractivity contribution in [1.82, 2.24) is 4.90 Å². The average Bonchev–Trinajstić information content (AvgIpc) is 2.22. The Bertz CT molecular complexity index is 228. The van der Waals surface area contributed by atoms with Crippen LogP contribution in [0.4, 0.5) is 0 Å². The van der Waals surface area contributed by atoms with Gasteiger partial charge in [0.25, 0.3) is 0 Å². The SMILES string of the molecule is CCCCC(C)C(=O)N(C)C(C)C(=O)O. The van der Waals surface area contributed by atoms with Crippen molar-refractivity contribution in [1.29, 1.82) is 0 Å². The molecule has 0 aliphatic carbocycles. The van der Waals surface area contributed by atoms with Gasteiger partial charge in [-0.3, -0.25) is 4.79 Å². The summed E-state index contributed by atoms with van der Waals surface area (Å²) in [6.45, 7) is 5.44. The number of carboxylic acid groups (broad SMARTS) is 1. The minimum atomic E-state index is -0.964. The number of aliphatic carboxylic acids is 1. The molecule has 1 N–H and O–H groups in total. The van der Waals surface area contributed by atoms with Crippen LogP contribution in [0, 0.1) is 5.92 Å². The molecule has 88 valence electrons. The van der Waals surface area contributed by atoms with Crippen molar-refractivity contribution in [3.05, 3.63) is 0 Å². The highest BCUT2D eigenvalue weighted by molar-refractivity contribution is 5.84. The molecule has 0 aliphatic heterocycles. The largest absolute Gasteiger partial charge is 0.480 e. The Labute approximate surface area is 91.3 Å². The van der Waals surface area contributed by atoms with Gasteiger partial charge < -0.3 is 10.0 Å². The van der Waals surface area contributed by atoms with Crippen molar-refractivity contribution in [3.8, 4) is 0 Å². The first-order chi connectivity index (χ1) is 6.91. The molecule has 0 fully saturated rings. The van der Waals surface area contributed by atoms with Gasteiger partial charge in [-0.25, -0.2) is 4.79 Å². The standard InChI is InChI=1S/C11H21NO3/c1-5-6-7-8(2)10(13)12(4)9(3)11(14)15/h8-9H,5-7H2,1-4H3,(H,14,15). The van der Waals surface area contributed by atoms with E-state index in [2.05, 4.69) is 6.92 Å². The first-order valence-corrected chi connectivity index (χ1v) is 5.41. The van der Waals surface area contributed by atoms with Crippen LogP contribution in [-0.2, 0) is 9.59 Å². The Hall–Kier alpha value is -1.06. The second-order valence-electron chi connectivity index (χ2n) is 4.01. The van der Waals surface area contributed by atoms with Crippen LogP contribution in [0.3, 0.4) is 0 Å². The molecular formula is C11H21NO3. The van der Waals surface area contributed by atoms with Gasteiger partial charge in [0.05, 0.1) is 0 Å². The lowest BCUT2D eigenvalue weighted by Crippen LogP contribution is -2.42. The first kappa shape index (κ1) is 13.9.